The maximum atomic E-state index is 12.4. The van der Waals surface area contributed by atoms with E-state index in [4.69, 9.17) is 9.15 Å². The van der Waals surface area contributed by atoms with Crippen molar-refractivity contribution in [2.45, 2.75) is 27.7 Å². The van der Waals surface area contributed by atoms with Crippen molar-refractivity contribution >= 4 is 22.7 Å². The van der Waals surface area contributed by atoms with Crippen molar-refractivity contribution in [1.82, 2.24) is 4.98 Å². The van der Waals surface area contributed by atoms with E-state index in [1.165, 1.54) is 6.07 Å². The molecule has 0 atom stereocenters. The van der Waals surface area contributed by atoms with Gasteiger partial charge in [-0.25, -0.2) is 4.98 Å². The highest BCUT2D eigenvalue weighted by Crippen LogP contribution is 2.34. The number of rotatable bonds is 5. The predicted octanol–water partition coefficient (Wildman–Crippen LogP) is 5.45. The van der Waals surface area contributed by atoms with Crippen molar-refractivity contribution in [3.05, 3.63) is 70.8 Å². The molecule has 0 saturated heterocycles. The topological polar surface area (TPSA) is 84.6 Å². The Balaban J connectivity index is 1.52. The van der Waals surface area contributed by atoms with Crippen molar-refractivity contribution in [3.63, 3.8) is 0 Å². The van der Waals surface area contributed by atoms with Gasteiger partial charge in [-0.05, 0) is 80.8 Å². The zero-order valence-electron chi connectivity index (χ0n) is 17.9. The average Bonchev–Trinajstić information content (AvgIpc) is 3.11. The Hall–Kier alpha value is -3.80. The van der Waals surface area contributed by atoms with Crippen LogP contribution in [0.4, 0.5) is 5.69 Å². The summed E-state index contributed by atoms with van der Waals surface area (Å²) in [6.45, 7) is 7.84. The maximum absolute atomic E-state index is 12.4. The standard InChI is InChI=1S/C25H24N2O4/c1-14-5-8-22(17(4)9-14)30-13-24(29)26-18-6-7-21(28)19(12-18)25-27-20-10-15(2)16(3)11-23(20)31-25/h5-12,28H,13H2,1-4H3,(H,26,29). The number of nitrogens with one attached hydrogen (secondary N) is 1. The molecular formula is C25H24N2O4. The molecule has 0 bridgehead atoms. The minimum Gasteiger partial charge on any atom is -0.507 e. The number of hydrogen-bond acceptors (Lipinski definition) is 5. The molecule has 0 saturated carbocycles. The number of nitrogens with zero attached hydrogens (tertiary/aromatic N) is 1. The number of fused-ring (bicyclic) bond motifs is 1. The van der Waals surface area contributed by atoms with Crippen LogP contribution in [0.25, 0.3) is 22.6 Å². The van der Waals surface area contributed by atoms with Crippen molar-refractivity contribution in [1.29, 1.82) is 0 Å². The Morgan fingerprint density at radius 3 is 2.55 bits per heavy atom. The third kappa shape index (κ3) is 4.38. The van der Waals surface area contributed by atoms with Crippen LogP contribution in [-0.4, -0.2) is 22.6 Å². The third-order valence-electron chi connectivity index (χ3n) is 5.20. The average molecular weight is 416 g/mol. The number of anilines is 1. The van der Waals surface area contributed by atoms with Crippen LogP contribution in [-0.2, 0) is 4.79 Å². The lowest BCUT2D eigenvalue weighted by molar-refractivity contribution is -0.118. The van der Waals surface area contributed by atoms with Gasteiger partial charge in [0.2, 0.25) is 5.89 Å². The lowest BCUT2D eigenvalue weighted by atomic mass is 10.1. The molecule has 0 aliphatic heterocycles. The summed E-state index contributed by atoms with van der Waals surface area (Å²) in [5.41, 5.74) is 6.60. The van der Waals surface area contributed by atoms with Crippen LogP contribution in [0.2, 0.25) is 0 Å². The molecule has 1 aromatic heterocycles. The summed E-state index contributed by atoms with van der Waals surface area (Å²) < 4.78 is 11.5. The highest BCUT2D eigenvalue weighted by atomic mass is 16.5. The van der Waals surface area contributed by atoms with E-state index in [1.807, 2.05) is 58.0 Å². The van der Waals surface area contributed by atoms with E-state index >= 15 is 0 Å². The largest absolute Gasteiger partial charge is 0.507 e. The number of aromatic nitrogens is 1. The fraction of sp³-hybridized carbons (Fsp3) is 0.200. The summed E-state index contributed by atoms with van der Waals surface area (Å²) in [7, 11) is 0. The van der Waals surface area contributed by atoms with Crippen LogP contribution in [0.5, 0.6) is 11.5 Å². The number of aromatic hydroxyl groups is 1. The second-order valence-corrected chi connectivity index (χ2v) is 7.76. The van der Waals surface area contributed by atoms with Gasteiger partial charge in [-0.3, -0.25) is 4.79 Å². The van der Waals surface area contributed by atoms with Gasteiger partial charge in [0.25, 0.3) is 5.91 Å². The van der Waals surface area contributed by atoms with Gasteiger partial charge in [-0.2, -0.15) is 0 Å². The van der Waals surface area contributed by atoms with E-state index in [-0.39, 0.29) is 18.3 Å². The van der Waals surface area contributed by atoms with E-state index < -0.39 is 0 Å². The van der Waals surface area contributed by atoms with E-state index in [0.717, 1.165) is 22.3 Å². The Labute approximate surface area is 180 Å². The molecule has 0 fully saturated rings. The summed E-state index contributed by atoms with van der Waals surface area (Å²) in [4.78, 5) is 16.9. The van der Waals surface area contributed by atoms with E-state index in [9.17, 15) is 9.90 Å². The zero-order valence-corrected chi connectivity index (χ0v) is 17.9. The van der Waals surface area contributed by atoms with Crippen molar-refractivity contribution < 1.29 is 19.1 Å². The Morgan fingerprint density at radius 2 is 1.77 bits per heavy atom. The van der Waals surface area contributed by atoms with Gasteiger partial charge >= 0.3 is 0 Å². The van der Waals surface area contributed by atoms with E-state index in [1.54, 1.807) is 12.1 Å². The number of hydrogen-bond donors (Lipinski definition) is 2. The minimum atomic E-state index is -0.305. The smallest absolute Gasteiger partial charge is 0.262 e. The highest BCUT2D eigenvalue weighted by Gasteiger charge is 2.15. The number of amides is 1. The molecule has 3 aromatic carbocycles. The van der Waals surface area contributed by atoms with Crippen LogP contribution < -0.4 is 10.1 Å². The monoisotopic (exact) mass is 416 g/mol. The lowest BCUT2D eigenvalue weighted by Gasteiger charge is -2.11. The van der Waals surface area contributed by atoms with Gasteiger partial charge in [0, 0.05) is 5.69 Å². The third-order valence-corrected chi connectivity index (χ3v) is 5.20. The lowest BCUT2D eigenvalue weighted by Crippen LogP contribution is -2.20. The fourth-order valence-corrected chi connectivity index (χ4v) is 3.38. The first-order valence-electron chi connectivity index (χ1n) is 10.0. The summed E-state index contributed by atoms with van der Waals surface area (Å²) in [5.74, 6) is 0.675. The highest BCUT2D eigenvalue weighted by molar-refractivity contribution is 5.93. The number of carbonyl (C=O) groups excluding carboxylic acids is 1. The number of carbonyl (C=O) groups is 1. The number of oxazole rings is 1. The van der Waals surface area contributed by atoms with Gasteiger partial charge in [-0.1, -0.05) is 17.7 Å². The maximum Gasteiger partial charge on any atom is 0.262 e. The van der Waals surface area contributed by atoms with Gasteiger partial charge in [0.15, 0.2) is 12.2 Å². The molecule has 1 amide bonds. The summed E-state index contributed by atoms with van der Waals surface area (Å²) in [6, 6.07) is 14.4. The summed E-state index contributed by atoms with van der Waals surface area (Å²) in [5, 5.41) is 13.1. The van der Waals surface area contributed by atoms with Crippen LogP contribution in [0.15, 0.2) is 52.9 Å². The van der Waals surface area contributed by atoms with Gasteiger partial charge in [0.1, 0.15) is 17.0 Å². The Morgan fingerprint density at radius 1 is 1.00 bits per heavy atom. The van der Waals surface area contributed by atoms with Crippen LogP contribution in [0.3, 0.4) is 0 Å². The number of aryl methyl sites for hydroxylation is 4. The van der Waals surface area contributed by atoms with Crippen LogP contribution in [0, 0.1) is 27.7 Å². The molecule has 4 rings (SSSR count). The molecule has 6 heteroatoms. The number of phenols is 1. The van der Waals surface area contributed by atoms with Gasteiger partial charge < -0.3 is 19.6 Å². The van der Waals surface area contributed by atoms with Gasteiger partial charge in [0.05, 0.1) is 5.56 Å². The predicted molar refractivity (Wildman–Crippen MR) is 121 cm³/mol. The van der Waals surface area contributed by atoms with Crippen molar-refractivity contribution in [3.8, 4) is 23.0 Å². The van der Waals surface area contributed by atoms with Crippen molar-refractivity contribution in [2.24, 2.45) is 0 Å². The van der Waals surface area contributed by atoms with E-state index in [0.29, 0.717) is 34.0 Å². The molecule has 0 aliphatic rings. The molecule has 0 spiro atoms. The first-order chi connectivity index (χ1) is 14.8. The first kappa shape index (κ1) is 20.5. The molecular weight excluding hydrogens is 392 g/mol. The molecule has 0 radical (unpaired) electrons. The zero-order chi connectivity index (χ0) is 22.1. The normalized spacial score (nSPS) is 11.0. The number of ether oxygens (including phenoxy) is 1. The second kappa shape index (κ2) is 8.14. The molecule has 0 unspecified atom stereocenters. The quantitative estimate of drug-likeness (QED) is 0.423. The molecule has 6 nitrogen and oxygen atoms in total. The number of benzene rings is 3. The summed E-state index contributed by atoms with van der Waals surface area (Å²) >= 11 is 0. The Bertz CT molecular complexity index is 1250. The SMILES string of the molecule is Cc1ccc(OCC(=O)Nc2ccc(O)c(-c3nc4cc(C)c(C)cc4o3)c2)c(C)c1. The Kier molecular flexibility index (Phi) is 5.38. The minimum absolute atomic E-state index is 0.0181. The fourth-order valence-electron chi connectivity index (χ4n) is 3.38. The van der Waals surface area contributed by atoms with Crippen LogP contribution in [0.1, 0.15) is 22.3 Å². The molecule has 2 N–H and O–H groups in total. The van der Waals surface area contributed by atoms with Crippen LogP contribution >= 0.6 is 0 Å². The molecule has 1 heterocycles. The molecule has 31 heavy (non-hydrogen) atoms. The van der Waals surface area contributed by atoms with E-state index in [2.05, 4.69) is 10.3 Å². The van der Waals surface area contributed by atoms with Crippen molar-refractivity contribution in [2.75, 3.05) is 11.9 Å². The second-order valence-electron chi connectivity index (χ2n) is 7.76. The molecule has 0 aliphatic carbocycles. The molecule has 158 valence electrons. The van der Waals surface area contributed by atoms with Gasteiger partial charge in [-0.15, -0.1) is 0 Å². The summed E-state index contributed by atoms with van der Waals surface area (Å²) in [6.07, 6.45) is 0. The number of phenolic OH excluding ortho intramolecular Hbond substituents is 1. The molecule has 4 aromatic rings. The first-order valence-corrected chi connectivity index (χ1v) is 10.0.